The van der Waals surface area contributed by atoms with Gasteiger partial charge in [0.05, 0.1) is 11.0 Å². The Hall–Kier alpha value is -3.01. The second kappa shape index (κ2) is 3.99. The van der Waals surface area contributed by atoms with Crippen molar-refractivity contribution < 1.29 is 14.7 Å². The predicted molar refractivity (Wildman–Crippen MR) is 77.4 cm³/mol. The number of Topliss-reactive ketones (excluding diaryl/α,β-unsaturated/α-hetero) is 1. The minimum absolute atomic E-state index is 0.210. The van der Waals surface area contributed by atoms with Gasteiger partial charge in [-0.2, -0.15) is 0 Å². The van der Waals surface area contributed by atoms with Gasteiger partial charge in [0.1, 0.15) is 5.57 Å². The summed E-state index contributed by atoms with van der Waals surface area (Å²) in [7, 11) is 0. The van der Waals surface area contributed by atoms with Crippen molar-refractivity contribution in [1.82, 2.24) is 0 Å². The smallest absolute Gasteiger partial charge is 0.339 e. The molecule has 0 unspecified atom stereocenters. The van der Waals surface area contributed by atoms with Crippen LogP contribution >= 0.6 is 0 Å². The third-order valence-electron chi connectivity index (χ3n) is 3.75. The number of hydrogen-bond donors (Lipinski definition) is 1. The molecule has 0 saturated heterocycles. The number of carboxylic acid groups (broad SMARTS) is 1. The molecule has 0 amide bonds. The Kier molecular flexibility index (Phi) is 2.24. The molecule has 0 atom stereocenters. The highest BCUT2D eigenvalue weighted by molar-refractivity contribution is 6.32. The van der Waals surface area contributed by atoms with Crippen LogP contribution in [0.15, 0.2) is 47.0 Å². The number of ketones is 1. The quantitative estimate of drug-likeness (QED) is 0.683. The van der Waals surface area contributed by atoms with Gasteiger partial charge in [0, 0.05) is 16.3 Å². The number of rotatable bonds is 1. The van der Waals surface area contributed by atoms with E-state index in [4.69, 9.17) is 5.11 Å². The van der Waals surface area contributed by atoms with E-state index < -0.39 is 11.8 Å². The van der Waals surface area contributed by atoms with E-state index in [0.717, 1.165) is 22.2 Å². The lowest BCUT2D eigenvalue weighted by Crippen LogP contribution is -2.32. The molecule has 1 aliphatic carbocycles. The van der Waals surface area contributed by atoms with Crippen molar-refractivity contribution in [3.05, 3.63) is 58.1 Å². The molecule has 4 heteroatoms. The number of carbonyl (C=O) groups is 2. The fraction of sp³-hybridized carbons (Fsp3) is 0. The van der Waals surface area contributed by atoms with Gasteiger partial charge in [-0.1, -0.05) is 30.3 Å². The first-order chi connectivity index (χ1) is 10.1. The van der Waals surface area contributed by atoms with Crippen LogP contribution in [-0.2, 0) is 9.59 Å². The highest BCUT2D eigenvalue weighted by atomic mass is 16.4. The summed E-state index contributed by atoms with van der Waals surface area (Å²) in [5, 5.41) is 10.5. The summed E-state index contributed by atoms with van der Waals surface area (Å²) in [6.07, 6.45) is 2.78. The maximum Gasteiger partial charge on any atom is 0.339 e. The van der Waals surface area contributed by atoms with Gasteiger partial charge in [-0.25, -0.2) is 9.79 Å². The normalized spacial score (nSPS) is 14.3. The SMILES string of the molecule is O=C(O)C1=Cc2ccc3c(c2=CC1=O)=Nc1ccccc1-3. The second-order valence-corrected chi connectivity index (χ2v) is 4.97. The van der Waals surface area contributed by atoms with Crippen LogP contribution in [0.4, 0.5) is 5.69 Å². The summed E-state index contributed by atoms with van der Waals surface area (Å²) < 4.78 is 0. The van der Waals surface area contributed by atoms with Gasteiger partial charge in [-0.3, -0.25) is 4.79 Å². The van der Waals surface area contributed by atoms with Gasteiger partial charge in [-0.15, -0.1) is 0 Å². The molecule has 0 fully saturated rings. The molecule has 100 valence electrons. The minimum Gasteiger partial charge on any atom is -0.478 e. The van der Waals surface area contributed by atoms with Crippen LogP contribution in [0.5, 0.6) is 0 Å². The van der Waals surface area contributed by atoms with Crippen LogP contribution in [0.1, 0.15) is 5.56 Å². The van der Waals surface area contributed by atoms with E-state index in [0.29, 0.717) is 10.8 Å². The molecule has 21 heavy (non-hydrogen) atoms. The Morgan fingerprint density at radius 3 is 2.62 bits per heavy atom. The van der Waals surface area contributed by atoms with Crippen LogP contribution in [-0.4, -0.2) is 16.9 Å². The summed E-state index contributed by atoms with van der Waals surface area (Å²) in [6.45, 7) is 0. The molecule has 0 spiro atoms. The van der Waals surface area contributed by atoms with Crippen molar-refractivity contribution in [3.63, 3.8) is 0 Å². The number of nitrogens with zero attached hydrogens (tertiary/aromatic N) is 1. The lowest BCUT2D eigenvalue weighted by Gasteiger charge is -2.07. The van der Waals surface area contributed by atoms with Gasteiger partial charge in [0.25, 0.3) is 0 Å². The van der Waals surface area contributed by atoms with Gasteiger partial charge in [0.15, 0.2) is 5.78 Å². The molecular formula is C17H9NO3. The maximum atomic E-state index is 11.9. The van der Waals surface area contributed by atoms with E-state index in [9.17, 15) is 9.59 Å². The first-order valence-electron chi connectivity index (χ1n) is 6.47. The van der Waals surface area contributed by atoms with E-state index in [1.54, 1.807) is 0 Å². The third-order valence-corrected chi connectivity index (χ3v) is 3.75. The van der Waals surface area contributed by atoms with Crippen LogP contribution in [0.2, 0.25) is 0 Å². The van der Waals surface area contributed by atoms with Crippen molar-refractivity contribution in [3.8, 4) is 11.1 Å². The zero-order valence-corrected chi connectivity index (χ0v) is 10.8. The molecule has 4 nitrogen and oxygen atoms in total. The van der Waals surface area contributed by atoms with E-state index >= 15 is 0 Å². The predicted octanol–water partition coefficient (Wildman–Crippen LogP) is 1.45. The van der Waals surface area contributed by atoms with Gasteiger partial charge in [-0.05, 0) is 23.8 Å². The van der Waals surface area contributed by atoms with E-state index in [-0.39, 0.29) is 5.57 Å². The van der Waals surface area contributed by atoms with E-state index in [1.165, 1.54) is 12.2 Å². The topological polar surface area (TPSA) is 66.7 Å². The first kappa shape index (κ1) is 11.8. The molecule has 1 heterocycles. The number of carboxylic acids is 1. The molecule has 0 saturated carbocycles. The number of benzene rings is 2. The first-order valence-corrected chi connectivity index (χ1v) is 6.47. The zero-order chi connectivity index (χ0) is 14.6. The standard InChI is InChI=1S/C17H9NO3/c19-15-8-12-9(7-13(15)17(20)21)5-6-11-10-3-1-2-4-14(10)18-16(11)12/h1-8H,(H,20,21). The lowest BCUT2D eigenvalue weighted by molar-refractivity contribution is -0.133. The van der Waals surface area contributed by atoms with Gasteiger partial charge >= 0.3 is 5.97 Å². The summed E-state index contributed by atoms with van der Waals surface area (Å²) >= 11 is 0. The number of aliphatic carboxylic acids is 1. The Morgan fingerprint density at radius 2 is 1.81 bits per heavy atom. The minimum atomic E-state index is -1.21. The van der Waals surface area contributed by atoms with Crippen LogP contribution < -0.4 is 10.6 Å². The third kappa shape index (κ3) is 1.59. The molecule has 2 aromatic rings. The average molecular weight is 275 g/mol. The lowest BCUT2D eigenvalue weighted by atomic mass is 9.95. The van der Waals surface area contributed by atoms with Crippen LogP contribution in [0, 0.1) is 0 Å². The molecule has 1 aliphatic heterocycles. The van der Waals surface area contributed by atoms with Crippen molar-refractivity contribution in [2.24, 2.45) is 4.99 Å². The maximum absolute atomic E-state index is 11.9. The number of hydrogen-bond acceptors (Lipinski definition) is 3. The molecule has 0 aromatic heterocycles. The van der Waals surface area contributed by atoms with Crippen molar-refractivity contribution in [2.75, 3.05) is 0 Å². The fourth-order valence-electron chi connectivity index (χ4n) is 2.76. The van der Waals surface area contributed by atoms with Crippen molar-refractivity contribution in [1.29, 1.82) is 0 Å². The molecule has 4 rings (SSSR count). The second-order valence-electron chi connectivity index (χ2n) is 4.97. The molecule has 0 bridgehead atoms. The molecule has 2 aromatic carbocycles. The highest BCUT2D eigenvalue weighted by Gasteiger charge is 2.22. The van der Waals surface area contributed by atoms with E-state index in [2.05, 4.69) is 4.99 Å². The molecular weight excluding hydrogens is 266 g/mol. The molecule has 0 radical (unpaired) electrons. The van der Waals surface area contributed by atoms with Crippen LogP contribution in [0.25, 0.3) is 23.3 Å². The van der Waals surface area contributed by atoms with Crippen LogP contribution in [0.3, 0.4) is 0 Å². The Balaban J connectivity index is 2.06. The van der Waals surface area contributed by atoms with Crippen molar-refractivity contribution >= 4 is 29.6 Å². The van der Waals surface area contributed by atoms with Gasteiger partial charge < -0.3 is 5.11 Å². The Bertz CT molecular complexity index is 984. The Labute approximate surface area is 119 Å². The van der Waals surface area contributed by atoms with E-state index in [1.807, 2.05) is 36.4 Å². The largest absolute Gasteiger partial charge is 0.478 e. The molecule has 2 aliphatic rings. The Morgan fingerprint density at radius 1 is 1.00 bits per heavy atom. The molecule has 1 N–H and O–H groups in total. The summed E-state index contributed by atoms with van der Waals surface area (Å²) in [5.41, 5.74) is 3.37. The average Bonchev–Trinajstić information content (AvgIpc) is 2.85. The number of carbonyl (C=O) groups excluding carboxylic acids is 1. The van der Waals surface area contributed by atoms with Gasteiger partial charge in [0.2, 0.25) is 0 Å². The summed E-state index contributed by atoms with van der Waals surface area (Å²) in [6, 6.07) is 11.5. The monoisotopic (exact) mass is 275 g/mol. The highest BCUT2D eigenvalue weighted by Crippen LogP contribution is 2.31. The number of para-hydroxylation sites is 1. The summed E-state index contributed by atoms with van der Waals surface area (Å²) in [4.78, 5) is 27.6. The zero-order valence-electron chi connectivity index (χ0n) is 10.8. The number of fused-ring (bicyclic) bond motifs is 5. The van der Waals surface area contributed by atoms with Crippen molar-refractivity contribution in [2.45, 2.75) is 0 Å². The summed E-state index contributed by atoms with van der Waals surface area (Å²) in [5.74, 6) is -1.70. The fourth-order valence-corrected chi connectivity index (χ4v) is 2.76.